The first-order chi connectivity index (χ1) is 12.9. The minimum atomic E-state index is 0.0938. The SMILES string of the molecule is Cc1cc(NC(=S)NC(C)c2ccccc2)nn1Cc1c(Cl)cccc1Cl. The predicted octanol–water partition coefficient (Wildman–Crippen LogP) is 5.59. The van der Waals surface area contributed by atoms with Crippen LogP contribution in [0.25, 0.3) is 0 Å². The van der Waals surface area contributed by atoms with E-state index < -0.39 is 0 Å². The number of nitrogens with zero attached hydrogens (tertiary/aromatic N) is 2. The summed E-state index contributed by atoms with van der Waals surface area (Å²) in [4.78, 5) is 0. The third-order valence-electron chi connectivity index (χ3n) is 4.24. The molecule has 0 saturated carbocycles. The van der Waals surface area contributed by atoms with Crippen LogP contribution in [0.1, 0.15) is 29.8 Å². The molecule has 4 nitrogen and oxygen atoms in total. The van der Waals surface area contributed by atoms with E-state index in [2.05, 4.69) is 34.8 Å². The van der Waals surface area contributed by atoms with E-state index in [0.717, 1.165) is 16.8 Å². The summed E-state index contributed by atoms with van der Waals surface area (Å²) in [6.45, 7) is 4.53. The lowest BCUT2D eigenvalue weighted by Gasteiger charge is -2.16. The van der Waals surface area contributed by atoms with Crippen molar-refractivity contribution in [2.45, 2.75) is 26.4 Å². The zero-order valence-electron chi connectivity index (χ0n) is 15.0. The van der Waals surface area contributed by atoms with Crippen LogP contribution in [0.15, 0.2) is 54.6 Å². The van der Waals surface area contributed by atoms with E-state index in [1.165, 1.54) is 0 Å². The first kappa shape index (κ1) is 19.7. The molecule has 3 aromatic rings. The van der Waals surface area contributed by atoms with Gasteiger partial charge in [-0.15, -0.1) is 0 Å². The zero-order chi connectivity index (χ0) is 19.4. The molecule has 2 N–H and O–H groups in total. The third-order valence-corrected chi connectivity index (χ3v) is 5.17. The predicted molar refractivity (Wildman–Crippen MR) is 117 cm³/mol. The Morgan fingerprint density at radius 1 is 1.11 bits per heavy atom. The molecule has 0 aliphatic carbocycles. The molecule has 0 aliphatic rings. The number of aromatic nitrogens is 2. The van der Waals surface area contributed by atoms with Gasteiger partial charge in [0, 0.05) is 27.4 Å². The average Bonchev–Trinajstić information content (AvgIpc) is 2.97. The van der Waals surface area contributed by atoms with Crippen LogP contribution >= 0.6 is 35.4 Å². The number of halogens is 2. The molecule has 1 unspecified atom stereocenters. The summed E-state index contributed by atoms with van der Waals surface area (Å²) >= 11 is 18.0. The van der Waals surface area contributed by atoms with Crippen LogP contribution in [0.3, 0.4) is 0 Å². The Morgan fingerprint density at radius 3 is 2.44 bits per heavy atom. The van der Waals surface area contributed by atoms with Gasteiger partial charge >= 0.3 is 0 Å². The highest BCUT2D eigenvalue weighted by atomic mass is 35.5. The van der Waals surface area contributed by atoms with E-state index >= 15 is 0 Å². The molecule has 1 atom stereocenters. The topological polar surface area (TPSA) is 41.9 Å². The summed E-state index contributed by atoms with van der Waals surface area (Å²) in [5.41, 5.74) is 2.99. The second-order valence-corrected chi connectivity index (χ2v) is 7.48. The van der Waals surface area contributed by atoms with Crippen LogP contribution < -0.4 is 10.6 Å². The van der Waals surface area contributed by atoms with E-state index in [0.29, 0.717) is 27.5 Å². The molecule has 0 saturated heterocycles. The van der Waals surface area contributed by atoms with Crippen molar-refractivity contribution >= 4 is 46.4 Å². The van der Waals surface area contributed by atoms with E-state index in [1.54, 1.807) is 0 Å². The smallest absolute Gasteiger partial charge is 0.172 e. The molecule has 0 spiro atoms. The van der Waals surface area contributed by atoms with Crippen LogP contribution in [-0.2, 0) is 6.54 Å². The van der Waals surface area contributed by atoms with Crippen molar-refractivity contribution < 1.29 is 0 Å². The standard InChI is InChI=1S/C20H20Cl2N4S/c1-13-11-19(24-20(27)23-14(2)15-7-4-3-5-8-15)25-26(13)12-16-17(21)9-6-10-18(16)22/h3-11,14H,12H2,1-2H3,(H2,23,24,25,27). The van der Waals surface area contributed by atoms with Gasteiger partial charge in [-0.05, 0) is 43.8 Å². The van der Waals surface area contributed by atoms with Crippen LogP contribution in [0.4, 0.5) is 5.82 Å². The Labute approximate surface area is 174 Å². The number of benzene rings is 2. The highest BCUT2D eigenvalue weighted by molar-refractivity contribution is 7.80. The highest BCUT2D eigenvalue weighted by Gasteiger charge is 2.12. The lowest BCUT2D eigenvalue weighted by atomic mass is 10.1. The molecule has 0 fully saturated rings. The highest BCUT2D eigenvalue weighted by Crippen LogP contribution is 2.25. The molecular formula is C20H20Cl2N4S. The Hall–Kier alpha value is -2.08. The van der Waals surface area contributed by atoms with E-state index in [4.69, 9.17) is 35.4 Å². The summed E-state index contributed by atoms with van der Waals surface area (Å²) in [5.74, 6) is 0.674. The molecule has 1 heterocycles. The van der Waals surface area contributed by atoms with E-state index in [1.807, 2.05) is 54.1 Å². The largest absolute Gasteiger partial charge is 0.356 e. The number of nitrogens with one attached hydrogen (secondary N) is 2. The second-order valence-electron chi connectivity index (χ2n) is 6.26. The van der Waals surface area contributed by atoms with Gasteiger partial charge in [-0.1, -0.05) is 59.6 Å². The maximum absolute atomic E-state index is 6.27. The molecule has 27 heavy (non-hydrogen) atoms. The molecule has 140 valence electrons. The van der Waals surface area contributed by atoms with Crippen molar-refractivity contribution in [3.8, 4) is 0 Å². The Bertz CT molecular complexity index is 920. The van der Waals surface area contributed by atoms with Gasteiger partial charge in [0.1, 0.15) is 0 Å². The lowest BCUT2D eigenvalue weighted by molar-refractivity contribution is 0.667. The van der Waals surface area contributed by atoms with Gasteiger partial charge in [0.2, 0.25) is 0 Å². The Balaban J connectivity index is 1.67. The molecule has 1 aromatic heterocycles. The first-order valence-electron chi connectivity index (χ1n) is 8.54. The Morgan fingerprint density at radius 2 is 1.78 bits per heavy atom. The minimum absolute atomic E-state index is 0.0938. The normalized spacial score (nSPS) is 11.9. The number of hydrogen-bond acceptors (Lipinski definition) is 2. The maximum Gasteiger partial charge on any atom is 0.172 e. The van der Waals surface area contributed by atoms with E-state index in [9.17, 15) is 0 Å². The van der Waals surface area contributed by atoms with Crippen LogP contribution in [0, 0.1) is 6.92 Å². The molecule has 0 amide bonds. The number of anilines is 1. The van der Waals surface area contributed by atoms with Gasteiger partial charge in [0.05, 0.1) is 12.6 Å². The van der Waals surface area contributed by atoms with Crippen molar-refractivity contribution in [3.05, 3.63) is 81.5 Å². The number of hydrogen-bond donors (Lipinski definition) is 2. The van der Waals surface area contributed by atoms with Gasteiger partial charge in [-0.3, -0.25) is 4.68 Å². The summed E-state index contributed by atoms with van der Waals surface area (Å²) in [5, 5.41) is 12.8. The van der Waals surface area contributed by atoms with Gasteiger partial charge in [-0.2, -0.15) is 5.10 Å². The maximum atomic E-state index is 6.27. The molecular weight excluding hydrogens is 399 g/mol. The molecule has 0 aliphatic heterocycles. The number of thiocarbonyl (C=S) groups is 1. The van der Waals surface area contributed by atoms with Crippen molar-refractivity contribution in [1.29, 1.82) is 0 Å². The van der Waals surface area contributed by atoms with Crippen molar-refractivity contribution in [3.63, 3.8) is 0 Å². The van der Waals surface area contributed by atoms with Crippen LogP contribution in [0.5, 0.6) is 0 Å². The van der Waals surface area contributed by atoms with Crippen LogP contribution in [-0.4, -0.2) is 14.9 Å². The van der Waals surface area contributed by atoms with Crippen molar-refractivity contribution in [2.75, 3.05) is 5.32 Å². The molecule has 3 rings (SSSR count). The lowest BCUT2D eigenvalue weighted by Crippen LogP contribution is -2.31. The Kier molecular flexibility index (Phi) is 6.37. The van der Waals surface area contributed by atoms with Gasteiger partial charge in [-0.25, -0.2) is 0 Å². The second kappa shape index (κ2) is 8.74. The van der Waals surface area contributed by atoms with E-state index in [-0.39, 0.29) is 6.04 Å². The average molecular weight is 419 g/mol. The quantitative estimate of drug-likeness (QED) is 0.529. The zero-order valence-corrected chi connectivity index (χ0v) is 17.4. The molecule has 7 heteroatoms. The summed E-state index contributed by atoms with van der Waals surface area (Å²) in [6.07, 6.45) is 0. The van der Waals surface area contributed by atoms with Gasteiger partial charge in [0.15, 0.2) is 10.9 Å². The minimum Gasteiger partial charge on any atom is -0.356 e. The monoisotopic (exact) mass is 418 g/mol. The number of aryl methyl sites for hydroxylation is 1. The first-order valence-corrected chi connectivity index (χ1v) is 9.70. The van der Waals surface area contributed by atoms with Crippen molar-refractivity contribution in [1.82, 2.24) is 15.1 Å². The summed E-state index contributed by atoms with van der Waals surface area (Å²) in [6, 6.07) is 17.6. The number of rotatable bonds is 5. The fourth-order valence-corrected chi connectivity index (χ4v) is 3.54. The summed E-state index contributed by atoms with van der Waals surface area (Å²) in [7, 11) is 0. The third kappa shape index (κ3) is 5.01. The van der Waals surface area contributed by atoms with Crippen LogP contribution in [0.2, 0.25) is 10.0 Å². The molecule has 0 bridgehead atoms. The molecule has 0 radical (unpaired) electrons. The fourth-order valence-electron chi connectivity index (χ4n) is 2.74. The van der Waals surface area contributed by atoms with Gasteiger partial charge < -0.3 is 10.6 Å². The fraction of sp³-hybridized carbons (Fsp3) is 0.200. The summed E-state index contributed by atoms with van der Waals surface area (Å²) < 4.78 is 1.85. The van der Waals surface area contributed by atoms with Gasteiger partial charge in [0.25, 0.3) is 0 Å². The van der Waals surface area contributed by atoms with Crippen molar-refractivity contribution in [2.24, 2.45) is 0 Å². The molecule has 2 aromatic carbocycles.